The normalized spacial score (nSPS) is 10.8. The van der Waals surface area contributed by atoms with E-state index in [-0.39, 0.29) is 0 Å². The van der Waals surface area contributed by atoms with Gasteiger partial charge in [0.15, 0.2) is 0 Å². The van der Waals surface area contributed by atoms with Crippen molar-refractivity contribution in [2.24, 2.45) is 0 Å². The molecule has 0 saturated carbocycles. The summed E-state index contributed by atoms with van der Waals surface area (Å²) in [7, 11) is 1.62. The Balaban J connectivity index is 1.84. The van der Waals surface area contributed by atoms with Crippen LogP contribution in [-0.2, 0) is 11.3 Å². The Morgan fingerprint density at radius 2 is 1.75 bits per heavy atom. The summed E-state index contributed by atoms with van der Waals surface area (Å²) >= 11 is 5.86. The number of para-hydroxylation sites is 1. The Hall–Kier alpha value is -2.59. The molecule has 0 spiro atoms. The Labute approximate surface area is 145 Å². The third kappa shape index (κ3) is 3.05. The van der Waals surface area contributed by atoms with Crippen LogP contribution in [0.15, 0.2) is 48.5 Å². The highest BCUT2D eigenvalue weighted by atomic mass is 35.5. The van der Waals surface area contributed by atoms with Crippen molar-refractivity contribution in [3.8, 4) is 0 Å². The van der Waals surface area contributed by atoms with Crippen molar-refractivity contribution < 1.29 is 9.59 Å². The summed E-state index contributed by atoms with van der Waals surface area (Å²) in [4.78, 5) is 29.8. The predicted molar refractivity (Wildman–Crippen MR) is 95.3 cm³/mol. The molecule has 0 bridgehead atoms. The first-order valence-electron chi connectivity index (χ1n) is 7.59. The number of hydrogen-bond donors (Lipinski definition) is 1. The molecule has 1 heterocycles. The molecule has 0 fully saturated rings. The lowest BCUT2D eigenvalue weighted by molar-refractivity contribution is -0.125. The second-order valence-corrected chi connectivity index (χ2v) is 6.22. The zero-order chi connectivity index (χ0) is 17.3. The van der Waals surface area contributed by atoms with E-state index in [1.165, 1.54) is 4.90 Å². The lowest BCUT2D eigenvalue weighted by atomic mass is 10.1. The molecule has 0 unspecified atom stereocenters. The number of aromatic amines is 1. The van der Waals surface area contributed by atoms with Gasteiger partial charge in [-0.15, -0.1) is 0 Å². The smallest absolute Gasteiger partial charge is 0.295 e. The minimum absolute atomic E-state index is 0.350. The van der Waals surface area contributed by atoms with E-state index in [1.54, 1.807) is 26.1 Å². The summed E-state index contributed by atoms with van der Waals surface area (Å²) in [5, 5.41) is 1.41. The average molecular weight is 341 g/mol. The summed E-state index contributed by atoms with van der Waals surface area (Å²) in [5.41, 5.74) is 2.92. The van der Waals surface area contributed by atoms with E-state index in [0.29, 0.717) is 22.8 Å². The highest BCUT2D eigenvalue weighted by Crippen LogP contribution is 2.23. The molecule has 0 radical (unpaired) electrons. The average Bonchev–Trinajstić information content (AvgIpc) is 2.91. The van der Waals surface area contributed by atoms with Gasteiger partial charge in [-0.3, -0.25) is 9.59 Å². The van der Waals surface area contributed by atoms with Gasteiger partial charge in [0.2, 0.25) is 0 Å². The Bertz CT molecular complexity index is 913. The quantitative estimate of drug-likeness (QED) is 0.577. The highest BCUT2D eigenvalue weighted by Gasteiger charge is 2.25. The fourth-order valence-electron chi connectivity index (χ4n) is 2.78. The van der Waals surface area contributed by atoms with Crippen LogP contribution in [0.25, 0.3) is 10.9 Å². The van der Waals surface area contributed by atoms with Crippen LogP contribution in [0.2, 0.25) is 5.02 Å². The Morgan fingerprint density at radius 1 is 1.08 bits per heavy atom. The number of amides is 1. The summed E-state index contributed by atoms with van der Waals surface area (Å²) in [5.74, 6) is -1.03. The van der Waals surface area contributed by atoms with E-state index in [9.17, 15) is 9.59 Å². The van der Waals surface area contributed by atoms with E-state index in [1.807, 2.05) is 36.4 Å². The number of benzene rings is 2. The molecule has 3 aromatic rings. The van der Waals surface area contributed by atoms with Gasteiger partial charge in [0.05, 0.1) is 5.56 Å². The largest absolute Gasteiger partial charge is 0.358 e. The van der Waals surface area contributed by atoms with Gasteiger partial charge in [0, 0.05) is 35.2 Å². The fraction of sp³-hybridized carbons (Fsp3) is 0.158. The monoisotopic (exact) mass is 340 g/mol. The van der Waals surface area contributed by atoms with Crippen LogP contribution >= 0.6 is 11.6 Å². The number of carbonyl (C=O) groups excluding carboxylic acids is 2. The van der Waals surface area contributed by atoms with E-state index in [2.05, 4.69) is 4.98 Å². The van der Waals surface area contributed by atoms with Crippen LogP contribution in [0.3, 0.4) is 0 Å². The van der Waals surface area contributed by atoms with Gasteiger partial charge in [-0.25, -0.2) is 0 Å². The number of nitrogens with zero attached hydrogens (tertiary/aromatic N) is 1. The van der Waals surface area contributed by atoms with Crippen LogP contribution < -0.4 is 0 Å². The van der Waals surface area contributed by atoms with Crippen molar-refractivity contribution in [1.29, 1.82) is 0 Å². The molecule has 4 nitrogen and oxygen atoms in total. The van der Waals surface area contributed by atoms with Crippen molar-refractivity contribution in [2.75, 3.05) is 7.05 Å². The lowest BCUT2D eigenvalue weighted by Gasteiger charge is -2.16. The third-order valence-corrected chi connectivity index (χ3v) is 4.25. The first kappa shape index (κ1) is 16.3. The van der Waals surface area contributed by atoms with Crippen LogP contribution in [0.5, 0.6) is 0 Å². The molecule has 0 aliphatic rings. The molecule has 122 valence electrons. The first-order valence-corrected chi connectivity index (χ1v) is 7.96. The highest BCUT2D eigenvalue weighted by molar-refractivity contribution is 6.45. The molecule has 2 aromatic carbocycles. The molecule has 1 amide bonds. The summed E-state index contributed by atoms with van der Waals surface area (Å²) in [6, 6.07) is 14.7. The number of ketones is 1. The van der Waals surface area contributed by atoms with Crippen LogP contribution in [0, 0.1) is 6.92 Å². The van der Waals surface area contributed by atoms with Gasteiger partial charge in [-0.2, -0.15) is 0 Å². The topological polar surface area (TPSA) is 53.2 Å². The molecule has 0 aliphatic carbocycles. The summed E-state index contributed by atoms with van der Waals surface area (Å²) in [6.07, 6.45) is 0. The Kier molecular flexibility index (Phi) is 4.40. The number of Topliss-reactive ketones (excluding diaryl/α,β-unsaturated/α-hetero) is 1. The molecular weight excluding hydrogens is 324 g/mol. The number of fused-ring (bicyclic) bond motifs is 1. The molecule has 0 atom stereocenters. The predicted octanol–water partition coefficient (Wildman–Crippen LogP) is 3.97. The van der Waals surface area contributed by atoms with E-state index >= 15 is 0 Å². The van der Waals surface area contributed by atoms with Crippen molar-refractivity contribution in [3.63, 3.8) is 0 Å². The van der Waals surface area contributed by atoms with E-state index in [0.717, 1.165) is 16.5 Å². The number of H-pyrrole nitrogens is 1. The minimum Gasteiger partial charge on any atom is -0.358 e. The second kappa shape index (κ2) is 6.49. The van der Waals surface area contributed by atoms with Gasteiger partial charge in [-0.1, -0.05) is 41.9 Å². The summed E-state index contributed by atoms with van der Waals surface area (Å²) in [6.45, 7) is 2.16. The van der Waals surface area contributed by atoms with E-state index < -0.39 is 11.7 Å². The maximum atomic E-state index is 12.7. The molecule has 24 heavy (non-hydrogen) atoms. The van der Waals surface area contributed by atoms with Gasteiger partial charge < -0.3 is 9.88 Å². The number of likely N-dealkylation sites (N-methyl/N-ethyl adjacent to an activating group) is 1. The van der Waals surface area contributed by atoms with Crippen molar-refractivity contribution in [1.82, 2.24) is 9.88 Å². The molecule has 5 heteroatoms. The summed E-state index contributed by atoms with van der Waals surface area (Å²) < 4.78 is 0. The molecule has 0 aliphatic heterocycles. The van der Waals surface area contributed by atoms with Gasteiger partial charge in [0.1, 0.15) is 0 Å². The maximum absolute atomic E-state index is 12.7. The van der Waals surface area contributed by atoms with Crippen LogP contribution in [-0.4, -0.2) is 28.6 Å². The van der Waals surface area contributed by atoms with Crippen molar-refractivity contribution in [3.05, 3.63) is 70.4 Å². The second-order valence-electron chi connectivity index (χ2n) is 5.79. The molecule has 1 aromatic heterocycles. The Morgan fingerprint density at radius 3 is 2.46 bits per heavy atom. The zero-order valence-corrected chi connectivity index (χ0v) is 14.2. The fourth-order valence-corrected chi connectivity index (χ4v) is 2.91. The van der Waals surface area contributed by atoms with Gasteiger partial charge in [-0.05, 0) is 30.7 Å². The maximum Gasteiger partial charge on any atom is 0.295 e. The number of rotatable bonds is 4. The lowest BCUT2D eigenvalue weighted by Crippen LogP contribution is -2.33. The molecular formula is C19H17ClN2O2. The van der Waals surface area contributed by atoms with E-state index in [4.69, 9.17) is 11.6 Å². The number of carbonyl (C=O) groups is 2. The minimum atomic E-state index is -0.530. The first-order chi connectivity index (χ1) is 11.5. The SMILES string of the molecule is Cc1[nH]c2ccccc2c1C(=O)C(=O)N(C)Cc1ccc(Cl)cc1. The van der Waals surface area contributed by atoms with Crippen LogP contribution in [0.4, 0.5) is 0 Å². The van der Waals surface area contributed by atoms with Crippen molar-refractivity contribution >= 4 is 34.2 Å². The number of aromatic nitrogens is 1. The van der Waals surface area contributed by atoms with Crippen molar-refractivity contribution in [2.45, 2.75) is 13.5 Å². The number of hydrogen-bond acceptors (Lipinski definition) is 2. The molecule has 3 rings (SSSR count). The zero-order valence-electron chi connectivity index (χ0n) is 13.5. The number of nitrogens with one attached hydrogen (secondary N) is 1. The number of halogens is 1. The third-order valence-electron chi connectivity index (χ3n) is 3.99. The van der Waals surface area contributed by atoms with Crippen LogP contribution in [0.1, 0.15) is 21.6 Å². The van der Waals surface area contributed by atoms with Gasteiger partial charge >= 0.3 is 0 Å². The standard InChI is InChI=1S/C19H17ClN2O2/c1-12-17(15-5-3-4-6-16(15)21-12)18(23)19(24)22(2)11-13-7-9-14(20)10-8-13/h3-10,21H,11H2,1-2H3. The molecule has 1 N–H and O–H groups in total. The molecule has 0 saturated heterocycles. The van der Waals surface area contributed by atoms with Gasteiger partial charge in [0.25, 0.3) is 11.7 Å². The number of aryl methyl sites for hydroxylation is 1.